The first-order valence-corrected chi connectivity index (χ1v) is 5.51. The van der Waals surface area contributed by atoms with Crippen LogP contribution in [0.2, 0.25) is 0 Å². The van der Waals surface area contributed by atoms with E-state index in [1.54, 1.807) is 0 Å². The summed E-state index contributed by atoms with van der Waals surface area (Å²) in [5.41, 5.74) is 7.32. The first-order chi connectivity index (χ1) is 8.13. The summed E-state index contributed by atoms with van der Waals surface area (Å²) >= 11 is 0. The number of nitrogens with two attached hydrogens (primary N) is 1. The molecule has 0 radical (unpaired) electrons. The van der Waals surface area contributed by atoms with Crippen molar-refractivity contribution in [3.05, 3.63) is 40.4 Å². The standard InChI is InChI=1S/C12H15N3O2/c1-8(2)15-12(16)17-11(14-15)10-6-4-3-5-9(10)7-13/h3-6,8H,7,13H2,1-2H3. The van der Waals surface area contributed by atoms with Crippen molar-refractivity contribution in [2.24, 2.45) is 5.73 Å². The van der Waals surface area contributed by atoms with Gasteiger partial charge in [0.15, 0.2) is 0 Å². The Balaban J connectivity index is 2.54. The molecule has 0 bridgehead atoms. The second-order valence-corrected chi connectivity index (χ2v) is 4.07. The number of rotatable bonds is 3. The van der Waals surface area contributed by atoms with Crippen LogP contribution in [0.5, 0.6) is 0 Å². The molecular formula is C12H15N3O2. The molecule has 1 aromatic carbocycles. The van der Waals surface area contributed by atoms with E-state index in [4.69, 9.17) is 10.2 Å². The molecule has 2 aromatic rings. The van der Waals surface area contributed by atoms with Gasteiger partial charge in [0.05, 0.1) is 6.04 Å². The zero-order chi connectivity index (χ0) is 12.4. The Kier molecular flexibility index (Phi) is 3.10. The fourth-order valence-electron chi connectivity index (χ4n) is 1.63. The van der Waals surface area contributed by atoms with E-state index < -0.39 is 5.76 Å². The van der Waals surface area contributed by atoms with Crippen molar-refractivity contribution < 1.29 is 4.42 Å². The fourth-order valence-corrected chi connectivity index (χ4v) is 1.63. The van der Waals surface area contributed by atoms with Crippen LogP contribution in [-0.2, 0) is 6.54 Å². The van der Waals surface area contributed by atoms with Gasteiger partial charge >= 0.3 is 5.76 Å². The lowest BCUT2D eigenvalue weighted by atomic mass is 10.1. The normalized spacial score (nSPS) is 11.1. The lowest BCUT2D eigenvalue weighted by Crippen LogP contribution is -2.17. The third-order valence-electron chi connectivity index (χ3n) is 2.53. The molecule has 5 nitrogen and oxygen atoms in total. The van der Waals surface area contributed by atoms with Crippen molar-refractivity contribution in [1.82, 2.24) is 9.78 Å². The van der Waals surface area contributed by atoms with Crippen molar-refractivity contribution in [3.8, 4) is 11.5 Å². The highest BCUT2D eigenvalue weighted by Gasteiger charge is 2.14. The Hall–Kier alpha value is -1.88. The summed E-state index contributed by atoms with van der Waals surface area (Å²) in [6.45, 7) is 4.14. The Labute approximate surface area is 98.9 Å². The highest BCUT2D eigenvalue weighted by atomic mass is 16.4. The SMILES string of the molecule is CC(C)n1nc(-c2ccccc2CN)oc1=O. The summed E-state index contributed by atoms with van der Waals surface area (Å²) in [5, 5.41) is 4.17. The van der Waals surface area contributed by atoms with E-state index in [2.05, 4.69) is 5.10 Å². The maximum atomic E-state index is 11.6. The van der Waals surface area contributed by atoms with Gasteiger partial charge in [0, 0.05) is 12.1 Å². The molecule has 2 rings (SSSR count). The molecule has 0 atom stereocenters. The van der Waals surface area contributed by atoms with E-state index in [9.17, 15) is 4.79 Å². The Morgan fingerprint density at radius 2 is 2.12 bits per heavy atom. The van der Waals surface area contributed by atoms with E-state index >= 15 is 0 Å². The first-order valence-electron chi connectivity index (χ1n) is 5.51. The number of benzene rings is 1. The van der Waals surface area contributed by atoms with Crippen molar-refractivity contribution in [3.63, 3.8) is 0 Å². The van der Waals surface area contributed by atoms with Crippen molar-refractivity contribution in [1.29, 1.82) is 0 Å². The molecule has 17 heavy (non-hydrogen) atoms. The average molecular weight is 233 g/mol. The zero-order valence-corrected chi connectivity index (χ0v) is 9.88. The molecule has 0 saturated heterocycles. The van der Waals surface area contributed by atoms with Gasteiger partial charge in [0.2, 0.25) is 5.89 Å². The smallest absolute Gasteiger partial charge is 0.388 e. The molecule has 1 heterocycles. The van der Waals surface area contributed by atoms with E-state index in [-0.39, 0.29) is 6.04 Å². The molecule has 0 amide bonds. The summed E-state index contributed by atoms with van der Waals surface area (Å²) in [7, 11) is 0. The monoisotopic (exact) mass is 233 g/mol. The van der Waals surface area contributed by atoms with Gasteiger partial charge in [-0.25, -0.2) is 4.79 Å². The lowest BCUT2D eigenvalue weighted by molar-refractivity contribution is 0.449. The predicted molar refractivity (Wildman–Crippen MR) is 64.5 cm³/mol. The van der Waals surface area contributed by atoms with Crippen LogP contribution >= 0.6 is 0 Å². The minimum atomic E-state index is -0.443. The molecule has 0 spiro atoms. The van der Waals surface area contributed by atoms with Crippen LogP contribution in [-0.4, -0.2) is 9.78 Å². The van der Waals surface area contributed by atoms with Crippen molar-refractivity contribution >= 4 is 0 Å². The lowest BCUT2D eigenvalue weighted by Gasteiger charge is -2.02. The molecule has 0 fully saturated rings. The van der Waals surface area contributed by atoms with Gasteiger partial charge in [-0.05, 0) is 25.5 Å². The van der Waals surface area contributed by atoms with Gasteiger partial charge in [0.25, 0.3) is 0 Å². The quantitative estimate of drug-likeness (QED) is 0.872. The Morgan fingerprint density at radius 1 is 1.41 bits per heavy atom. The van der Waals surface area contributed by atoms with Crippen LogP contribution in [0.1, 0.15) is 25.5 Å². The molecule has 0 saturated carbocycles. The average Bonchev–Trinajstić information content (AvgIpc) is 2.71. The Morgan fingerprint density at radius 3 is 2.71 bits per heavy atom. The Bertz CT molecular complexity index is 569. The van der Waals surface area contributed by atoms with Gasteiger partial charge in [-0.1, -0.05) is 18.2 Å². The summed E-state index contributed by atoms with van der Waals surface area (Å²) in [6, 6.07) is 7.47. The second kappa shape index (κ2) is 4.55. The highest BCUT2D eigenvalue weighted by Crippen LogP contribution is 2.20. The molecule has 1 aromatic heterocycles. The maximum Gasteiger partial charge on any atom is 0.437 e. The second-order valence-electron chi connectivity index (χ2n) is 4.07. The zero-order valence-electron chi connectivity index (χ0n) is 9.88. The molecule has 0 unspecified atom stereocenters. The van der Waals surface area contributed by atoms with E-state index in [1.807, 2.05) is 38.1 Å². The van der Waals surface area contributed by atoms with Gasteiger partial charge in [-0.15, -0.1) is 5.10 Å². The maximum absolute atomic E-state index is 11.6. The first kappa shape index (κ1) is 11.6. The number of hydrogen-bond acceptors (Lipinski definition) is 4. The third kappa shape index (κ3) is 2.14. The summed E-state index contributed by atoms with van der Waals surface area (Å²) in [6.07, 6.45) is 0. The van der Waals surface area contributed by atoms with Crippen LogP contribution in [0.4, 0.5) is 0 Å². The van der Waals surface area contributed by atoms with Crippen LogP contribution < -0.4 is 11.5 Å². The third-order valence-corrected chi connectivity index (χ3v) is 2.53. The minimum absolute atomic E-state index is 0.0231. The van der Waals surface area contributed by atoms with Gasteiger partial charge in [0.1, 0.15) is 0 Å². The molecule has 2 N–H and O–H groups in total. The fraction of sp³-hybridized carbons (Fsp3) is 0.333. The molecule has 5 heteroatoms. The van der Waals surface area contributed by atoms with Crippen molar-refractivity contribution in [2.45, 2.75) is 26.4 Å². The van der Waals surface area contributed by atoms with Gasteiger partial charge in [-0.2, -0.15) is 4.68 Å². The topological polar surface area (TPSA) is 74.1 Å². The highest BCUT2D eigenvalue weighted by molar-refractivity contribution is 5.57. The number of nitrogens with zero attached hydrogens (tertiary/aromatic N) is 2. The largest absolute Gasteiger partial charge is 0.437 e. The predicted octanol–water partition coefficient (Wildman–Crippen LogP) is 1.54. The summed E-state index contributed by atoms with van der Waals surface area (Å²) in [4.78, 5) is 11.6. The summed E-state index contributed by atoms with van der Waals surface area (Å²) in [5.74, 6) is -0.119. The van der Waals surface area contributed by atoms with Crippen LogP contribution in [0.15, 0.2) is 33.5 Å². The van der Waals surface area contributed by atoms with E-state index in [0.717, 1.165) is 11.1 Å². The van der Waals surface area contributed by atoms with Crippen LogP contribution in [0, 0.1) is 0 Å². The van der Waals surface area contributed by atoms with Crippen LogP contribution in [0.25, 0.3) is 11.5 Å². The molecule has 0 aliphatic rings. The molecule has 0 aliphatic carbocycles. The minimum Gasteiger partial charge on any atom is -0.388 e. The number of hydrogen-bond donors (Lipinski definition) is 1. The summed E-state index contributed by atoms with van der Waals surface area (Å²) < 4.78 is 6.47. The molecule has 90 valence electrons. The van der Waals surface area contributed by atoms with Gasteiger partial charge < -0.3 is 10.2 Å². The molecule has 0 aliphatic heterocycles. The van der Waals surface area contributed by atoms with Gasteiger partial charge in [-0.3, -0.25) is 0 Å². The van der Waals surface area contributed by atoms with Crippen molar-refractivity contribution in [2.75, 3.05) is 0 Å². The van der Waals surface area contributed by atoms with E-state index in [0.29, 0.717) is 12.4 Å². The van der Waals surface area contributed by atoms with Crippen LogP contribution in [0.3, 0.4) is 0 Å². The van der Waals surface area contributed by atoms with E-state index in [1.165, 1.54) is 4.68 Å². The molecular weight excluding hydrogens is 218 g/mol. The number of aromatic nitrogens is 2.